The Kier molecular flexibility index (Phi) is 4.37. The molecule has 1 spiro atoms. The maximum Gasteiger partial charge on any atom is 0.317 e. The molecule has 2 amide bonds. The van der Waals surface area contributed by atoms with E-state index in [1.54, 1.807) is 19.0 Å². The molecule has 126 valence electrons. The number of carbonyl (C=O) groups is 1. The van der Waals surface area contributed by atoms with Crippen LogP contribution in [0.5, 0.6) is 0 Å². The number of benzene rings is 1. The lowest BCUT2D eigenvalue weighted by molar-refractivity contribution is 0.0908. The first kappa shape index (κ1) is 16.3. The molecule has 1 aromatic rings. The van der Waals surface area contributed by atoms with Crippen molar-refractivity contribution in [3.63, 3.8) is 0 Å². The lowest BCUT2D eigenvalue weighted by Gasteiger charge is -2.47. The van der Waals surface area contributed by atoms with Crippen molar-refractivity contribution in [2.45, 2.75) is 38.6 Å². The van der Waals surface area contributed by atoms with Crippen LogP contribution in [0.1, 0.15) is 42.0 Å². The molecular weight excluding hydrogens is 286 g/mol. The Morgan fingerprint density at radius 1 is 1.30 bits per heavy atom. The van der Waals surface area contributed by atoms with E-state index >= 15 is 0 Å². The molecule has 1 unspecified atom stereocenters. The van der Waals surface area contributed by atoms with E-state index < -0.39 is 0 Å². The van der Waals surface area contributed by atoms with Gasteiger partial charge in [-0.3, -0.25) is 0 Å². The highest BCUT2D eigenvalue weighted by Crippen LogP contribution is 2.47. The molecule has 1 aliphatic heterocycles. The second kappa shape index (κ2) is 6.16. The normalized spacial score (nSPS) is 23.4. The minimum Gasteiger partial charge on any atom is -0.331 e. The monoisotopic (exact) mass is 315 g/mol. The quantitative estimate of drug-likeness (QED) is 0.865. The number of urea groups is 1. The number of nitrogens with zero attached hydrogens (tertiary/aromatic N) is 2. The molecule has 0 aromatic heterocycles. The highest BCUT2D eigenvalue weighted by molar-refractivity contribution is 5.74. The summed E-state index contributed by atoms with van der Waals surface area (Å²) in [6, 6.07) is 6.89. The number of hydrogen-bond acceptors (Lipinski definition) is 2. The first-order valence-corrected chi connectivity index (χ1v) is 8.64. The molecule has 0 bridgehead atoms. The second-order valence-corrected chi connectivity index (χ2v) is 7.78. The van der Waals surface area contributed by atoms with Gasteiger partial charge in [-0.15, -0.1) is 0 Å². The average molecular weight is 315 g/mol. The van der Waals surface area contributed by atoms with Gasteiger partial charge in [-0.1, -0.05) is 23.8 Å². The summed E-state index contributed by atoms with van der Waals surface area (Å²) in [4.78, 5) is 16.3. The van der Waals surface area contributed by atoms with E-state index in [0.29, 0.717) is 5.41 Å². The molecule has 4 nitrogen and oxygen atoms in total. The van der Waals surface area contributed by atoms with Gasteiger partial charge in [0.25, 0.3) is 0 Å². The van der Waals surface area contributed by atoms with Gasteiger partial charge in [0.15, 0.2) is 0 Å². The molecular formula is C19H29N3O. The summed E-state index contributed by atoms with van der Waals surface area (Å²) in [7, 11) is 5.82. The van der Waals surface area contributed by atoms with Gasteiger partial charge in [-0.25, -0.2) is 4.79 Å². The van der Waals surface area contributed by atoms with Crippen molar-refractivity contribution in [1.82, 2.24) is 15.1 Å². The zero-order chi connectivity index (χ0) is 16.6. The number of piperidine rings is 1. The van der Waals surface area contributed by atoms with Gasteiger partial charge in [0.1, 0.15) is 0 Å². The zero-order valence-electron chi connectivity index (χ0n) is 14.9. The van der Waals surface area contributed by atoms with Crippen LogP contribution in [0.4, 0.5) is 4.79 Å². The van der Waals surface area contributed by atoms with Crippen molar-refractivity contribution in [3.8, 4) is 0 Å². The molecule has 1 atom stereocenters. The van der Waals surface area contributed by atoms with E-state index in [4.69, 9.17) is 0 Å². The van der Waals surface area contributed by atoms with Crippen molar-refractivity contribution in [2.75, 3.05) is 34.2 Å². The number of aryl methyl sites for hydroxylation is 1. The number of carbonyl (C=O) groups excluding carboxylic acids is 1. The Balaban J connectivity index is 1.90. The third kappa shape index (κ3) is 3.37. The van der Waals surface area contributed by atoms with Crippen LogP contribution < -0.4 is 5.32 Å². The molecule has 0 radical (unpaired) electrons. The Morgan fingerprint density at radius 3 is 2.65 bits per heavy atom. The van der Waals surface area contributed by atoms with E-state index in [-0.39, 0.29) is 12.1 Å². The van der Waals surface area contributed by atoms with Gasteiger partial charge < -0.3 is 15.1 Å². The van der Waals surface area contributed by atoms with Gasteiger partial charge in [-0.05, 0) is 69.3 Å². The van der Waals surface area contributed by atoms with Crippen molar-refractivity contribution >= 4 is 6.03 Å². The van der Waals surface area contributed by atoms with Crippen LogP contribution in [-0.2, 0) is 6.42 Å². The highest BCUT2D eigenvalue weighted by Gasteiger charge is 2.41. The third-order valence-corrected chi connectivity index (χ3v) is 5.63. The minimum atomic E-state index is 0.00688. The summed E-state index contributed by atoms with van der Waals surface area (Å²) in [6.07, 6.45) is 4.68. The molecule has 1 aliphatic carbocycles. The third-order valence-electron chi connectivity index (χ3n) is 5.63. The Hall–Kier alpha value is -1.55. The number of nitrogens with one attached hydrogen (secondary N) is 1. The van der Waals surface area contributed by atoms with Gasteiger partial charge in [0, 0.05) is 14.1 Å². The van der Waals surface area contributed by atoms with Crippen LogP contribution in [0.3, 0.4) is 0 Å². The highest BCUT2D eigenvalue weighted by atomic mass is 16.2. The fraction of sp³-hybridized carbons (Fsp3) is 0.632. The van der Waals surface area contributed by atoms with Crippen LogP contribution >= 0.6 is 0 Å². The summed E-state index contributed by atoms with van der Waals surface area (Å²) < 4.78 is 0. The smallest absolute Gasteiger partial charge is 0.317 e. The molecule has 3 rings (SSSR count). The van der Waals surface area contributed by atoms with E-state index in [1.165, 1.54) is 29.5 Å². The Bertz CT molecular complexity index is 588. The molecule has 4 heteroatoms. The van der Waals surface area contributed by atoms with Crippen molar-refractivity contribution < 1.29 is 4.79 Å². The number of hydrogen-bond donors (Lipinski definition) is 1. The second-order valence-electron chi connectivity index (χ2n) is 7.78. The summed E-state index contributed by atoms with van der Waals surface area (Å²) >= 11 is 0. The van der Waals surface area contributed by atoms with Crippen molar-refractivity contribution in [1.29, 1.82) is 0 Å². The Labute approximate surface area is 139 Å². The lowest BCUT2D eigenvalue weighted by atomic mass is 9.64. The maximum absolute atomic E-state index is 12.2. The molecule has 2 aliphatic rings. The van der Waals surface area contributed by atoms with Crippen LogP contribution in [0.15, 0.2) is 18.2 Å². The lowest BCUT2D eigenvalue weighted by Crippen LogP contribution is -2.46. The molecule has 23 heavy (non-hydrogen) atoms. The standard InChI is InChI=1S/C19H29N3O/c1-14-5-6-15-12-19(7-9-22(4)10-8-19)13-17(16(15)11-14)20-18(23)21(2)3/h5-6,11,17H,7-10,12-13H2,1-4H3,(H,20,23). The molecule has 1 heterocycles. The average Bonchev–Trinajstić information content (AvgIpc) is 2.51. The number of rotatable bonds is 1. The Morgan fingerprint density at radius 2 is 2.00 bits per heavy atom. The predicted molar refractivity (Wildman–Crippen MR) is 93.6 cm³/mol. The van der Waals surface area contributed by atoms with Gasteiger partial charge in [0.05, 0.1) is 6.04 Å². The maximum atomic E-state index is 12.2. The summed E-state index contributed by atoms with van der Waals surface area (Å²) in [5.74, 6) is 0. The summed E-state index contributed by atoms with van der Waals surface area (Å²) in [6.45, 7) is 4.45. The van der Waals surface area contributed by atoms with Crippen molar-refractivity contribution in [3.05, 3.63) is 34.9 Å². The van der Waals surface area contributed by atoms with E-state index in [1.807, 2.05) is 0 Å². The van der Waals surface area contributed by atoms with E-state index in [2.05, 4.69) is 42.4 Å². The fourth-order valence-corrected chi connectivity index (χ4v) is 4.10. The first-order valence-electron chi connectivity index (χ1n) is 8.64. The van der Waals surface area contributed by atoms with Crippen molar-refractivity contribution in [2.24, 2.45) is 5.41 Å². The molecule has 1 N–H and O–H groups in total. The SMILES string of the molecule is Cc1ccc2c(c1)C(NC(=O)N(C)C)CC1(CCN(C)CC1)C2. The van der Waals surface area contributed by atoms with Crippen LogP contribution in [0.25, 0.3) is 0 Å². The molecule has 1 fully saturated rings. The summed E-state index contributed by atoms with van der Waals surface area (Å²) in [5, 5.41) is 3.26. The predicted octanol–water partition coefficient (Wildman–Crippen LogP) is 2.97. The van der Waals surface area contributed by atoms with E-state index in [0.717, 1.165) is 25.9 Å². The van der Waals surface area contributed by atoms with Gasteiger partial charge in [0.2, 0.25) is 0 Å². The largest absolute Gasteiger partial charge is 0.331 e. The number of likely N-dealkylation sites (tertiary alicyclic amines) is 1. The number of amides is 2. The number of fused-ring (bicyclic) bond motifs is 1. The fourth-order valence-electron chi connectivity index (χ4n) is 4.10. The van der Waals surface area contributed by atoms with Crippen LogP contribution in [0.2, 0.25) is 0 Å². The summed E-state index contributed by atoms with van der Waals surface area (Å²) in [5.41, 5.74) is 4.37. The van der Waals surface area contributed by atoms with Crippen LogP contribution in [0, 0.1) is 12.3 Å². The van der Waals surface area contributed by atoms with Gasteiger partial charge >= 0.3 is 6.03 Å². The zero-order valence-corrected chi connectivity index (χ0v) is 14.9. The topological polar surface area (TPSA) is 35.6 Å². The molecule has 0 saturated carbocycles. The van der Waals surface area contributed by atoms with E-state index in [9.17, 15) is 4.79 Å². The molecule has 1 saturated heterocycles. The molecule has 1 aromatic carbocycles. The first-order chi connectivity index (χ1) is 10.9. The van der Waals surface area contributed by atoms with Crippen LogP contribution in [-0.4, -0.2) is 50.1 Å². The minimum absolute atomic E-state index is 0.00688. The van der Waals surface area contributed by atoms with Gasteiger partial charge in [-0.2, -0.15) is 0 Å².